The van der Waals surface area contributed by atoms with Crippen LogP contribution in [-0.4, -0.2) is 55.5 Å². The number of hydrogen-bond acceptors (Lipinski definition) is 3. The van der Waals surface area contributed by atoms with Crippen LogP contribution in [0.15, 0.2) is 47.9 Å². The molecule has 0 aliphatic carbocycles. The quantitative estimate of drug-likeness (QED) is 0.662. The van der Waals surface area contributed by atoms with E-state index in [-0.39, 0.29) is 0 Å². The number of nitrogens with one attached hydrogen (secondary N) is 1. The van der Waals surface area contributed by atoms with Crippen molar-refractivity contribution in [2.45, 2.75) is 4.90 Å². The van der Waals surface area contributed by atoms with Crippen molar-refractivity contribution in [2.75, 3.05) is 32.7 Å². The van der Waals surface area contributed by atoms with Crippen LogP contribution in [0.25, 0.3) is 0 Å². The fourth-order valence-electron chi connectivity index (χ4n) is 2.14. The Morgan fingerprint density at radius 2 is 1.86 bits per heavy atom. The lowest BCUT2D eigenvalue weighted by Crippen LogP contribution is -2.53. The highest BCUT2D eigenvalue weighted by Gasteiger charge is 2.28. The summed E-state index contributed by atoms with van der Waals surface area (Å²) in [5.74, 6) is 0. The molecule has 1 aromatic rings. The largest absolute Gasteiger partial charge is 0.359 e. The standard InChI is InChI=1S/C14H19N3O2S2/c1-2-8-15-14(20)16-9-11-17(12-10-16)21(18,19)13-6-4-3-5-7-13/h2-7H,1,8-12H2,(H,15,20). The molecule has 1 aromatic carbocycles. The average molecular weight is 325 g/mol. The van der Waals surface area contributed by atoms with Crippen LogP contribution in [0.5, 0.6) is 0 Å². The zero-order valence-electron chi connectivity index (χ0n) is 11.7. The fraction of sp³-hybridized carbons (Fsp3) is 0.357. The van der Waals surface area contributed by atoms with Crippen molar-refractivity contribution in [3.05, 3.63) is 43.0 Å². The van der Waals surface area contributed by atoms with Gasteiger partial charge in [0, 0.05) is 32.7 Å². The van der Waals surface area contributed by atoms with Crippen molar-refractivity contribution in [2.24, 2.45) is 0 Å². The van der Waals surface area contributed by atoms with Gasteiger partial charge in [-0.3, -0.25) is 0 Å². The summed E-state index contributed by atoms with van der Waals surface area (Å²) in [4.78, 5) is 2.32. The van der Waals surface area contributed by atoms with Gasteiger partial charge in [0.2, 0.25) is 10.0 Å². The maximum absolute atomic E-state index is 12.5. The van der Waals surface area contributed by atoms with E-state index in [9.17, 15) is 8.42 Å². The summed E-state index contributed by atoms with van der Waals surface area (Å²) in [6, 6.07) is 8.52. The number of nitrogens with zero attached hydrogens (tertiary/aromatic N) is 2. The van der Waals surface area contributed by atoms with Gasteiger partial charge in [0.1, 0.15) is 0 Å². The van der Waals surface area contributed by atoms with Crippen LogP contribution in [0.3, 0.4) is 0 Å². The molecular weight excluding hydrogens is 306 g/mol. The first kappa shape index (κ1) is 15.9. The maximum Gasteiger partial charge on any atom is 0.243 e. The Balaban J connectivity index is 1.98. The van der Waals surface area contributed by atoms with E-state index in [0.717, 1.165) is 0 Å². The van der Waals surface area contributed by atoms with Gasteiger partial charge in [0.15, 0.2) is 5.11 Å². The van der Waals surface area contributed by atoms with E-state index in [1.54, 1.807) is 36.4 Å². The number of sulfonamides is 1. The normalized spacial score (nSPS) is 16.5. The molecule has 114 valence electrons. The second-order valence-electron chi connectivity index (χ2n) is 4.68. The minimum atomic E-state index is -3.40. The Labute approximate surface area is 131 Å². The molecule has 2 rings (SSSR count). The summed E-state index contributed by atoms with van der Waals surface area (Å²) in [5, 5.41) is 3.70. The molecule has 0 atom stereocenters. The van der Waals surface area contributed by atoms with Crippen molar-refractivity contribution < 1.29 is 8.42 Å². The van der Waals surface area contributed by atoms with Gasteiger partial charge >= 0.3 is 0 Å². The molecule has 0 amide bonds. The summed E-state index contributed by atoms with van der Waals surface area (Å²) in [5.41, 5.74) is 0. The second kappa shape index (κ2) is 7.02. The lowest BCUT2D eigenvalue weighted by Gasteiger charge is -2.35. The molecule has 0 saturated carbocycles. The molecule has 1 heterocycles. The first-order chi connectivity index (χ1) is 10.1. The Morgan fingerprint density at radius 1 is 1.24 bits per heavy atom. The van der Waals surface area contributed by atoms with E-state index in [2.05, 4.69) is 11.9 Å². The molecule has 21 heavy (non-hydrogen) atoms. The molecule has 7 heteroatoms. The number of rotatable bonds is 4. The summed E-state index contributed by atoms with van der Waals surface area (Å²) in [6.45, 7) is 6.30. The highest BCUT2D eigenvalue weighted by molar-refractivity contribution is 7.89. The summed E-state index contributed by atoms with van der Waals surface area (Å²) >= 11 is 5.26. The molecule has 0 aromatic heterocycles. The molecule has 0 spiro atoms. The Hall–Kier alpha value is -1.44. The van der Waals surface area contributed by atoms with Gasteiger partial charge in [-0.25, -0.2) is 8.42 Å². The van der Waals surface area contributed by atoms with Gasteiger partial charge < -0.3 is 10.2 Å². The van der Waals surface area contributed by atoms with E-state index < -0.39 is 10.0 Å². The second-order valence-corrected chi connectivity index (χ2v) is 7.00. The van der Waals surface area contributed by atoms with Crippen LogP contribution in [0.4, 0.5) is 0 Å². The van der Waals surface area contributed by atoms with Crippen LogP contribution in [0.2, 0.25) is 0 Å². The Morgan fingerprint density at radius 3 is 2.43 bits per heavy atom. The third-order valence-electron chi connectivity index (χ3n) is 3.30. The number of thiocarbonyl (C=S) groups is 1. The molecule has 0 unspecified atom stereocenters. The first-order valence-corrected chi connectivity index (χ1v) is 8.59. The average Bonchev–Trinajstić information content (AvgIpc) is 2.53. The molecular formula is C14H19N3O2S2. The van der Waals surface area contributed by atoms with Crippen LogP contribution in [-0.2, 0) is 10.0 Å². The van der Waals surface area contributed by atoms with Crippen molar-refractivity contribution in [3.8, 4) is 0 Å². The van der Waals surface area contributed by atoms with Crippen LogP contribution in [0, 0.1) is 0 Å². The molecule has 1 fully saturated rings. The molecule has 1 aliphatic heterocycles. The van der Waals surface area contributed by atoms with E-state index in [1.165, 1.54) is 4.31 Å². The number of piperazine rings is 1. The van der Waals surface area contributed by atoms with Crippen LogP contribution < -0.4 is 5.32 Å². The van der Waals surface area contributed by atoms with Gasteiger partial charge in [0.05, 0.1) is 4.90 Å². The van der Waals surface area contributed by atoms with Crippen molar-refractivity contribution in [1.29, 1.82) is 0 Å². The van der Waals surface area contributed by atoms with Gasteiger partial charge in [-0.1, -0.05) is 24.3 Å². The zero-order chi connectivity index (χ0) is 15.3. The minimum Gasteiger partial charge on any atom is -0.359 e. The zero-order valence-corrected chi connectivity index (χ0v) is 13.4. The van der Waals surface area contributed by atoms with Crippen LogP contribution >= 0.6 is 12.2 Å². The molecule has 1 saturated heterocycles. The maximum atomic E-state index is 12.5. The topological polar surface area (TPSA) is 52.6 Å². The molecule has 0 bridgehead atoms. The predicted octanol–water partition coefficient (Wildman–Crippen LogP) is 1.05. The van der Waals surface area contributed by atoms with E-state index >= 15 is 0 Å². The predicted molar refractivity (Wildman–Crippen MR) is 87.6 cm³/mol. The van der Waals surface area contributed by atoms with Crippen molar-refractivity contribution in [3.63, 3.8) is 0 Å². The molecule has 1 aliphatic rings. The smallest absolute Gasteiger partial charge is 0.243 e. The third kappa shape index (κ3) is 3.81. The van der Waals surface area contributed by atoms with Gasteiger partial charge in [0.25, 0.3) is 0 Å². The first-order valence-electron chi connectivity index (χ1n) is 6.74. The minimum absolute atomic E-state index is 0.339. The highest BCUT2D eigenvalue weighted by Crippen LogP contribution is 2.17. The number of hydrogen-bond donors (Lipinski definition) is 1. The Bertz CT molecular complexity index is 594. The van der Waals surface area contributed by atoms with Gasteiger partial charge in [-0.2, -0.15) is 4.31 Å². The number of benzene rings is 1. The molecule has 1 N–H and O–H groups in total. The summed E-state index contributed by atoms with van der Waals surface area (Å²) < 4.78 is 26.5. The molecule has 0 radical (unpaired) electrons. The van der Waals surface area contributed by atoms with Gasteiger partial charge in [-0.15, -0.1) is 6.58 Å². The van der Waals surface area contributed by atoms with E-state index in [1.807, 2.05) is 4.90 Å². The van der Waals surface area contributed by atoms with Crippen molar-refractivity contribution >= 4 is 27.4 Å². The monoisotopic (exact) mass is 325 g/mol. The summed E-state index contributed by atoms with van der Waals surface area (Å²) in [7, 11) is -3.40. The fourth-order valence-corrected chi connectivity index (χ4v) is 3.85. The lowest BCUT2D eigenvalue weighted by atomic mass is 10.4. The molecule has 5 nitrogen and oxygen atoms in total. The summed E-state index contributed by atoms with van der Waals surface area (Å²) in [6.07, 6.45) is 1.74. The SMILES string of the molecule is C=CCNC(=S)N1CCN(S(=O)(=O)c2ccccc2)CC1. The highest BCUT2D eigenvalue weighted by atomic mass is 32.2. The van der Waals surface area contributed by atoms with Crippen molar-refractivity contribution in [1.82, 2.24) is 14.5 Å². The van der Waals surface area contributed by atoms with E-state index in [0.29, 0.717) is 42.7 Å². The van der Waals surface area contributed by atoms with Crippen LogP contribution in [0.1, 0.15) is 0 Å². The van der Waals surface area contributed by atoms with Gasteiger partial charge in [-0.05, 0) is 24.4 Å². The Kier molecular flexibility index (Phi) is 5.33. The third-order valence-corrected chi connectivity index (χ3v) is 5.62. The lowest BCUT2D eigenvalue weighted by molar-refractivity contribution is 0.264. The van der Waals surface area contributed by atoms with E-state index in [4.69, 9.17) is 12.2 Å².